The molecule has 0 saturated heterocycles. The van der Waals surface area contributed by atoms with Gasteiger partial charge < -0.3 is 5.11 Å². The van der Waals surface area contributed by atoms with Crippen LogP contribution in [-0.2, 0) is 16.6 Å². The minimum absolute atomic E-state index is 0.00377. The third-order valence-corrected chi connectivity index (χ3v) is 6.84. The second-order valence-electron chi connectivity index (χ2n) is 5.54. The summed E-state index contributed by atoms with van der Waals surface area (Å²) >= 11 is 1.73. The van der Waals surface area contributed by atoms with Crippen LogP contribution < -0.4 is 4.72 Å². The molecule has 6 heteroatoms. The number of aliphatic hydroxyl groups excluding tert-OH is 1. The van der Waals surface area contributed by atoms with Gasteiger partial charge in [-0.1, -0.05) is 25.0 Å². The summed E-state index contributed by atoms with van der Waals surface area (Å²) in [6, 6.07) is 5.05. The van der Waals surface area contributed by atoms with Gasteiger partial charge in [0, 0.05) is 11.3 Å². The van der Waals surface area contributed by atoms with Crippen molar-refractivity contribution in [2.75, 3.05) is 6.26 Å². The molecule has 2 unspecified atom stereocenters. The van der Waals surface area contributed by atoms with E-state index >= 15 is 0 Å². The lowest BCUT2D eigenvalue weighted by Gasteiger charge is -2.30. The van der Waals surface area contributed by atoms with E-state index in [1.165, 1.54) is 6.42 Å². The Kier molecular flexibility index (Phi) is 5.71. The number of nitrogens with one attached hydrogen (secondary N) is 1. The normalized spacial score (nSPS) is 23.2. The highest BCUT2D eigenvalue weighted by Crippen LogP contribution is 2.28. The van der Waals surface area contributed by atoms with Gasteiger partial charge in [-0.2, -0.15) is 11.8 Å². The highest BCUT2D eigenvalue weighted by Gasteiger charge is 2.29. The molecule has 2 atom stereocenters. The summed E-state index contributed by atoms with van der Waals surface area (Å²) < 4.78 is 28.2. The van der Waals surface area contributed by atoms with Crippen LogP contribution in [-0.4, -0.2) is 31.1 Å². The molecule has 2 N–H and O–H groups in total. The second kappa shape index (κ2) is 7.13. The predicted molar refractivity (Wildman–Crippen MR) is 87.0 cm³/mol. The number of rotatable bonds is 5. The van der Waals surface area contributed by atoms with Crippen molar-refractivity contribution in [3.63, 3.8) is 0 Å². The van der Waals surface area contributed by atoms with Gasteiger partial charge in [0.05, 0.1) is 11.5 Å². The van der Waals surface area contributed by atoms with Gasteiger partial charge in [0.25, 0.3) is 0 Å². The zero-order valence-corrected chi connectivity index (χ0v) is 14.1. The first-order chi connectivity index (χ1) is 9.97. The Hall–Kier alpha value is -0.560. The lowest BCUT2D eigenvalue weighted by Crippen LogP contribution is -2.43. The highest BCUT2D eigenvalue weighted by atomic mass is 32.2. The maximum absolute atomic E-state index is 12.6. The fourth-order valence-electron chi connectivity index (χ4n) is 2.81. The topological polar surface area (TPSA) is 66.4 Å². The van der Waals surface area contributed by atoms with Crippen molar-refractivity contribution in [3.05, 3.63) is 29.3 Å². The first kappa shape index (κ1) is 16.8. The largest absolute Gasteiger partial charge is 0.392 e. The van der Waals surface area contributed by atoms with Crippen LogP contribution in [0.25, 0.3) is 0 Å². The summed E-state index contributed by atoms with van der Waals surface area (Å²) in [7, 11) is -3.54. The molecule has 1 aromatic rings. The van der Waals surface area contributed by atoms with Gasteiger partial charge in [-0.15, -0.1) is 0 Å². The maximum atomic E-state index is 12.6. The Morgan fingerprint density at radius 2 is 2.05 bits per heavy atom. The molecule has 1 aliphatic carbocycles. The van der Waals surface area contributed by atoms with Crippen LogP contribution in [0.5, 0.6) is 0 Å². The Labute approximate surface area is 131 Å². The molecule has 118 valence electrons. The molecule has 21 heavy (non-hydrogen) atoms. The van der Waals surface area contributed by atoms with E-state index in [0.717, 1.165) is 19.3 Å². The van der Waals surface area contributed by atoms with Crippen LogP contribution in [0.3, 0.4) is 0 Å². The third-order valence-electron chi connectivity index (χ3n) is 4.04. The molecule has 0 amide bonds. The van der Waals surface area contributed by atoms with Gasteiger partial charge in [0.2, 0.25) is 10.0 Å². The smallest absolute Gasteiger partial charge is 0.241 e. The molecule has 0 heterocycles. The Morgan fingerprint density at radius 1 is 1.33 bits per heavy atom. The van der Waals surface area contributed by atoms with E-state index in [4.69, 9.17) is 0 Å². The molecule has 1 aromatic carbocycles. The summed E-state index contributed by atoms with van der Waals surface area (Å²) in [5.74, 6) is 0. The molecule has 0 spiro atoms. The molecule has 4 nitrogen and oxygen atoms in total. The standard InChI is InChI=1S/C15H23NO3S2/c1-11-7-8-12(10-17)9-15(11)21(18,19)16-13-5-3-4-6-14(13)20-2/h7-9,13-14,16-17H,3-6,10H2,1-2H3. The van der Waals surface area contributed by atoms with Gasteiger partial charge in [-0.3, -0.25) is 0 Å². The Morgan fingerprint density at radius 3 is 2.71 bits per heavy atom. The first-order valence-corrected chi connectivity index (χ1v) is 10.0. The van der Waals surface area contributed by atoms with Crippen molar-refractivity contribution in [1.82, 2.24) is 4.72 Å². The van der Waals surface area contributed by atoms with Crippen LogP contribution in [0.1, 0.15) is 36.8 Å². The van der Waals surface area contributed by atoms with E-state index in [-0.39, 0.29) is 17.5 Å². The second-order valence-corrected chi connectivity index (χ2v) is 8.30. The lowest BCUT2D eigenvalue weighted by molar-refractivity contribution is 0.281. The fraction of sp³-hybridized carbons (Fsp3) is 0.600. The van der Waals surface area contributed by atoms with Crippen molar-refractivity contribution in [3.8, 4) is 0 Å². The van der Waals surface area contributed by atoms with Crippen molar-refractivity contribution in [1.29, 1.82) is 0 Å². The zero-order chi connectivity index (χ0) is 15.5. The van der Waals surface area contributed by atoms with Crippen molar-refractivity contribution < 1.29 is 13.5 Å². The van der Waals surface area contributed by atoms with Gasteiger partial charge in [-0.25, -0.2) is 13.1 Å². The minimum Gasteiger partial charge on any atom is -0.392 e. The molecule has 0 aromatic heterocycles. The summed E-state index contributed by atoms with van der Waals surface area (Å²) in [6.45, 7) is 1.63. The van der Waals surface area contributed by atoms with Gasteiger partial charge in [0.1, 0.15) is 0 Å². The minimum atomic E-state index is -3.54. The first-order valence-electron chi connectivity index (χ1n) is 7.23. The summed E-state index contributed by atoms with van der Waals surface area (Å²) in [4.78, 5) is 0.277. The summed E-state index contributed by atoms with van der Waals surface area (Å²) in [6.07, 6.45) is 6.23. The average molecular weight is 329 g/mol. The number of thioether (sulfide) groups is 1. The quantitative estimate of drug-likeness (QED) is 0.871. The van der Waals surface area contributed by atoms with Gasteiger partial charge in [0.15, 0.2) is 0 Å². The monoisotopic (exact) mass is 329 g/mol. The van der Waals surface area contributed by atoms with Crippen molar-refractivity contribution in [2.45, 2.75) is 55.4 Å². The molecule has 1 fully saturated rings. The molecule has 0 bridgehead atoms. The number of sulfonamides is 1. The van der Waals surface area contributed by atoms with Crippen LogP contribution in [0.15, 0.2) is 23.1 Å². The summed E-state index contributed by atoms with van der Waals surface area (Å²) in [5, 5.41) is 9.54. The van der Waals surface area contributed by atoms with Crippen molar-refractivity contribution in [2.24, 2.45) is 0 Å². The number of aryl methyl sites for hydroxylation is 1. The highest BCUT2D eigenvalue weighted by molar-refractivity contribution is 7.99. The molecule has 0 radical (unpaired) electrons. The predicted octanol–water partition coefficient (Wildman–Crippen LogP) is 2.44. The van der Waals surface area contributed by atoms with E-state index in [1.54, 1.807) is 36.9 Å². The van der Waals surface area contributed by atoms with E-state index in [2.05, 4.69) is 4.72 Å². The number of hydrogen-bond donors (Lipinski definition) is 2. The van der Waals surface area contributed by atoms with E-state index < -0.39 is 10.0 Å². The number of hydrogen-bond acceptors (Lipinski definition) is 4. The van der Waals surface area contributed by atoms with Crippen LogP contribution in [0.2, 0.25) is 0 Å². The lowest BCUT2D eigenvalue weighted by atomic mass is 9.96. The summed E-state index contributed by atoms with van der Waals surface area (Å²) in [5.41, 5.74) is 1.32. The SMILES string of the molecule is CSC1CCCCC1NS(=O)(=O)c1cc(CO)ccc1C. The van der Waals surface area contributed by atoms with Crippen LogP contribution in [0, 0.1) is 6.92 Å². The zero-order valence-electron chi connectivity index (χ0n) is 12.5. The van der Waals surface area contributed by atoms with E-state index in [9.17, 15) is 13.5 Å². The van der Waals surface area contributed by atoms with Crippen LogP contribution >= 0.6 is 11.8 Å². The molecular formula is C15H23NO3S2. The number of aliphatic hydroxyl groups is 1. The molecule has 2 rings (SSSR count). The van der Waals surface area contributed by atoms with E-state index in [0.29, 0.717) is 16.4 Å². The molecule has 0 aliphatic heterocycles. The molecular weight excluding hydrogens is 306 g/mol. The van der Waals surface area contributed by atoms with Crippen LogP contribution in [0.4, 0.5) is 0 Å². The van der Waals surface area contributed by atoms with Crippen molar-refractivity contribution >= 4 is 21.8 Å². The Bertz CT molecular complexity index is 587. The van der Waals surface area contributed by atoms with E-state index in [1.807, 2.05) is 6.26 Å². The maximum Gasteiger partial charge on any atom is 0.241 e. The van der Waals surface area contributed by atoms with Gasteiger partial charge >= 0.3 is 0 Å². The third kappa shape index (κ3) is 4.00. The fourth-order valence-corrected chi connectivity index (χ4v) is 5.44. The number of benzene rings is 1. The van der Waals surface area contributed by atoms with Gasteiger partial charge in [-0.05, 0) is 43.2 Å². The molecule has 1 aliphatic rings. The Balaban J connectivity index is 2.25. The average Bonchev–Trinajstić information content (AvgIpc) is 2.47. The molecule has 1 saturated carbocycles.